The van der Waals surface area contributed by atoms with Crippen LogP contribution in [0.2, 0.25) is 0 Å². The van der Waals surface area contributed by atoms with Gasteiger partial charge in [0.25, 0.3) is 0 Å². The molecular formula is C13H12S. The molecule has 1 aliphatic rings. The molecule has 0 aliphatic heterocycles. The van der Waals surface area contributed by atoms with Crippen LogP contribution in [0.5, 0.6) is 0 Å². The third-order valence-electron chi connectivity index (χ3n) is 2.89. The van der Waals surface area contributed by atoms with Gasteiger partial charge in [0.1, 0.15) is 0 Å². The summed E-state index contributed by atoms with van der Waals surface area (Å²) in [6.45, 7) is 2.27. The summed E-state index contributed by atoms with van der Waals surface area (Å²) in [5.74, 6) is 0. The zero-order valence-corrected chi connectivity index (χ0v) is 9.03. The van der Waals surface area contributed by atoms with Crippen molar-refractivity contribution in [2.75, 3.05) is 0 Å². The Morgan fingerprint density at radius 1 is 1.21 bits per heavy atom. The van der Waals surface area contributed by atoms with Crippen LogP contribution in [0.3, 0.4) is 0 Å². The van der Waals surface area contributed by atoms with Crippen molar-refractivity contribution in [3.05, 3.63) is 34.0 Å². The molecule has 0 bridgehead atoms. The maximum absolute atomic E-state index is 2.39. The van der Waals surface area contributed by atoms with Gasteiger partial charge in [0.05, 0.1) is 0 Å². The Balaban J connectivity index is 2.63. The van der Waals surface area contributed by atoms with Crippen LogP contribution in [-0.4, -0.2) is 0 Å². The highest BCUT2D eigenvalue weighted by molar-refractivity contribution is 7.17. The first kappa shape index (κ1) is 8.25. The highest BCUT2D eigenvalue weighted by Crippen LogP contribution is 2.16. The third kappa shape index (κ3) is 1.05. The van der Waals surface area contributed by atoms with Crippen molar-refractivity contribution in [1.29, 1.82) is 0 Å². The van der Waals surface area contributed by atoms with E-state index in [-0.39, 0.29) is 0 Å². The fourth-order valence-electron chi connectivity index (χ4n) is 2.13. The number of benzene rings is 1. The molecule has 0 radical (unpaired) electrons. The molecule has 0 atom stereocenters. The minimum atomic E-state index is 1.21. The standard InChI is InChI=1S/C13H12S/c1-9-5-4-7-11-10-6-2-3-8-12(10)14-13(9)11/h2-3,6-8H,4-5H2,1H3. The van der Waals surface area contributed by atoms with Gasteiger partial charge in [-0.05, 0) is 36.4 Å². The minimum Gasteiger partial charge on any atom is -0.135 e. The predicted molar refractivity (Wildman–Crippen MR) is 63.9 cm³/mol. The zero-order valence-electron chi connectivity index (χ0n) is 8.21. The molecule has 70 valence electrons. The van der Waals surface area contributed by atoms with Crippen molar-refractivity contribution in [1.82, 2.24) is 0 Å². The molecule has 0 fully saturated rings. The molecule has 0 amide bonds. The monoisotopic (exact) mass is 200 g/mol. The van der Waals surface area contributed by atoms with Crippen molar-refractivity contribution in [2.45, 2.75) is 19.8 Å². The average molecular weight is 200 g/mol. The van der Waals surface area contributed by atoms with Crippen LogP contribution in [0.15, 0.2) is 24.3 Å². The molecule has 0 spiro atoms. The van der Waals surface area contributed by atoms with Crippen LogP contribution < -0.4 is 9.75 Å². The lowest BCUT2D eigenvalue weighted by Crippen LogP contribution is -2.23. The smallest absolute Gasteiger partial charge is 0.0355 e. The van der Waals surface area contributed by atoms with E-state index in [1.165, 1.54) is 32.7 Å². The maximum Gasteiger partial charge on any atom is 0.0355 e. The zero-order chi connectivity index (χ0) is 9.54. The van der Waals surface area contributed by atoms with Crippen molar-refractivity contribution >= 4 is 33.1 Å². The van der Waals surface area contributed by atoms with Crippen LogP contribution in [-0.2, 0) is 0 Å². The predicted octanol–water partition coefficient (Wildman–Crippen LogP) is 2.65. The highest BCUT2D eigenvalue weighted by Gasteiger charge is 2.05. The van der Waals surface area contributed by atoms with Gasteiger partial charge in [-0.2, -0.15) is 0 Å². The normalized spacial score (nSPS) is 15.4. The Bertz CT molecular complexity index is 602. The number of fused-ring (bicyclic) bond motifs is 3. The van der Waals surface area contributed by atoms with Crippen LogP contribution in [0.1, 0.15) is 19.8 Å². The quantitative estimate of drug-likeness (QED) is 0.613. The van der Waals surface area contributed by atoms with Gasteiger partial charge in [-0.3, -0.25) is 0 Å². The van der Waals surface area contributed by atoms with E-state index in [9.17, 15) is 0 Å². The van der Waals surface area contributed by atoms with Gasteiger partial charge < -0.3 is 0 Å². The van der Waals surface area contributed by atoms with Gasteiger partial charge in [0.15, 0.2) is 0 Å². The van der Waals surface area contributed by atoms with Crippen LogP contribution >= 0.6 is 11.3 Å². The molecule has 0 unspecified atom stereocenters. The molecular weight excluding hydrogens is 188 g/mol. The second kappa shape index (κ2) is 2.96. The lowest BCUT2D eigenvalue weighted by molar-refractivity contribution is 1.08. The van der Waals surface area contributed by atoms with E-state index in [0.29, 0.717) is 0 Å². The molecule has 0 saturated heterocycles. The largest absolute Gasteiger partial charge is 0.135 e. The van der Waals surface area contributed by atoms with Crippen LogP contribution in [0.4, 0.5) is 0 Å². The summed E-state index contributed by atoms with van der Waals surface area (Å²) < 4.78 is 2.94. The summed E-state index contributed by atoms with van der Waals surface area (Å²) in [6, 6.07) is 8.71. The number of thiophene rings is 1. The summed E-state index contributed by atoms with van der Waals surface area (Å²) in [7, 11) is 0. The molecule has 2 aromatic rings. The van der Waals surface area contributed by atoms with E-state index in [4.69, 9.17) is 0 Å². The van der Waals surface area contributed by atoms with Crippen LogP contribution in [0.25, 0.3) is 21.7 Å². The van der Waals surface area contributed by atoms with E-state index < -0.39 is 0 Å². The molecule has 1 heteroatoms. The highest BCUT2D eigenvalue weighted by atomic mass is 32.1. The summed E-state index contributed by atoms with van der Waals surface area (Å²) in [4.78, 5) is 0. The van der Waals surface area contributed by atoms with E-state index in [1.54, 1.807) is 5.57 Å². The fourth-order valence-corrected chi connectivity index (χ4v) is 3.37. The second-order valence-corrected chi connectivity index (χ2v) is 4.92. The van der Waals surface area contributed by atoms with Gasteiger partial charge in [-0.1, -0.05) is 29.8 Å². The first-order chi connectivity index (χ1) is 6.86. The molecule has 0 saturated carbocycles. The molecule has 1 aromatic carbocycles. The fraction of sp³-hybridized carbons (Fsp3) is 0.231. The second-order valence-electron chi connectivity index (χ2n) is 3.86. The van der Waals surface area contributed by atoms with E-state index in [2.05, 4.69) is 37.3 Å². The average Bonchev–Trinajstić information content (AvgIpc) is 2.59. The lowest BCUT2D eigenvalue weighted by Gasteiger charge is -2.00. The van der Waals surface area contributed by atoms with Gasteiger partial charge in [0, 0.05) is 9.23 Å². The Morgan fingerprint density at radius 2 is 2.07 bits per heavy atom. The topological polar surface area (TPSA) is 0 Å². The summed E-state index contributed by atoms with van der Waals surface area (Å²) in [5, 5.41) is 2.92. The molecule has 0 N–H and O–H groups in total. The van der Waals surface area contributed by atoms with Crippen molar-refractivity contribution in [2.24, 2.45) is 0 Å². The first-order valence-electron chi connectivity index (χ1n) is 5.04. The van der Waals surface area contributed by atoms with Crippen molar-refractivity contribution < 1.29 is 0 Å². The Labute approximate surface area is 87.2 Å². The molecule has 3 rings (SSSR count). The molecule has 1 aliphatic carbocycles. The van der Waals surface area contributed by atoms with Gasteiger partial charge in [-0.25, -0.2) is 0 Å². The lowest BCUT2D eigenvalue weighted by atomic mass is 10.1. The summed E-state index contributed by atoms with van der Waals surface area (Å²) in [6.07, 6.45) is 4.83. The van der Waals surface area contributed by atoms with E-state index >= 15 is 0 Å². The maximum atomic E-state index is 2.39. The minimum absolute atomic E-state index is 1.21. The van der Waals surface area contributed by atoms with Gasteiger partial charge >= 0.3 is 0 Å². The summed E-state index contributed by atoms with van der Waals surface area (Å²) >= 11 is 1.94. The number of hydrogen-bond donors (Lipinski definition) is 0. The van der Waals surface area contributed by atoms with Crippen molar-refractivity contribution in [3.63, 3.8) is 0 Å². The summed E-state index contributed by atoms with van der Waals surface area (Å²) in [5.41, 5.74) is 1.56. The molecule has 1 heterocycles. The SMILES string of the molecule is CC1=c2sc3ccccc3c2=CCC1. The first-order valence-corrected chi connectivity index (χ1v) is 5.85. The van der Waals surface area contributed by atoms with E-state index in [1.807, 2.05) is 11.3 Å². The van der Waals surface area contributed by atoms with E-state index in [0.717, 1.165) is 0 Å². The number of rotatable bonds is 0. The third-order valence-corrected chi connectivity index (χ3v) is 4.24. The molecule has 0 nitrogen and oxygen atoms in total. The Kier molecular flexibility index (Phi) is 1.74. The molecule has 14 heavy (non-hydrogen) atoms. The van der Waals surface area contributed by atoms with Crippen LogP contribution in [0, 0.1) is 0 Å². The number of hydrogen-bond acceptors (Lipinski definition) is 1. The van der Waals surface area contributed by atoms with Gasteiger partial charge in [-0.15, -0.1) is 11.3 Å². The van der Waals surface area contributed by atoms with Crippen molar-refractivity contribution in [3.8, 4) is 0 Å². The Morgan fingerprint density at radius 3 is 3.00 bits per heavy atom. The Hall–Kier alpha value is -1.08. The molecule has 1 aromatic heterocycles. The van der Waals surface area contributed by atoms with Gasteiger partial charge in [0.2, 0.25) is 0 Å².